The second kappa shape index (κ2) is 5.82. The quantitative estimate of drug-likeness (QED) is 0.855. The van der Waals surface area contributed by atoms with Gasteiger partial charge in [0.05, 0.1) is 15.9 Å². The van der Waals surface area contributed by atoms with Gasteiger partial charge in [0.15, 0.2) is 0 Å². The Bertz CT molecular complexity index is 514. The van der Waals surface area contributed by atoms with E-state index < -0.39 is 0 Å². The molecule has 1 fully saturated rings. The zero-order chi connectivity index (χ0) is 14.1. The number of rotatable bonds is 2. The second-order valence-corrected chi connectivity index (χ2v) is 7.29. The zero-order valence-corrected chi connectivity index (χ0v) is 13.2. The number of likely N-dealkylation sites (tertiary alicyclic amines) is 1. The topological polar surface area (TPSA) is 46.3 Å². The summed E-state index contributed by atoms with van der Waals surface area (Å²) in [6.07, 6.45) is 7.82. The maximum absolute atomic E-state index is 12.8. The Morgan fingerprint density at radius 1 is 1.30 bits per heavy atom. The molecule has 2 heterocycles. The average Bonchev–Trinajstić information content (AvgIpc) is 2.90. The molecule has 108 valence electrons. The highest BCUT2D eigenvalue weighted by Crippen LogP contribution is 2.31. The van der Waals surface area contributed by atoms with Gasteiger partial charge in [-0.3, -0.25) is 4.79 Å². The van der Waals surface area contributed by atoms with Gasteiger partial charge in [0, 0.05) is 11.4 Å². The molecule has 1 atom stereocenters. The predicted octanol–water partition coefficient (Wildman–Crippen LogP) is 2.91. The first-order valence-corrected chi connectivity index (χ1v) is 8.61. The predicted molar refractivity (Wildman–Crippen MR) is 86.4 cm³/mol. The van der Waals surface area contributed by atoms with Crippen LogP contribution < -0.4 is 5.73 Å². The van der Waals surface area contributed by atoms with Gasteiger partial charge >= 0.3 is 0 Å². The molecule has 3 nitrogen and oxygen atoms in total. The highest BCUT2D eigenvalue weighted by Gasteiger charge is 2.30. The molecule has 5 heteroatoms. The Balaban J connectivity index is 1.83. The molecule has 1 aliphatic carbocycles. The Kier molecular flexibility index (Phi) is 4.08. The Hall–Kier alpha value is -0.940. The monoisotopic (exact) mass is 308 g/mol. The summed E-state index contributed by atoms with van der Waals surface area (Å²) in [6, 6.07) is 2.05. The molecule has 20 heavy (non-hydrogen) atoms. The molecule has 3 rings (SSSR count). The van der Waals surface area contributed by atoms with Crippen LogP contribution in [0, 0.1) is 0 Å². The summed E-state index contributed by atoms with van der Waals surface area (Å²) in [7, 11) is 0. The van der Waals surface area contributed by atoms with Gasteiger partial charge in [0.2, 0.25) is 0 Å². The van der Waals surface area contributed by atoms with Crippen molar-refractivity contribution in [3.05, 3.63) is 21.4 Å². The first kappa shape index (κ1) is 14.0. The Morgan fingerprint density at radius 3 is 2.85 bits per heavy atom. The van der Waals surface area contributed by atoms with Crippen LogP contribution in [0.2, 0.25) is 0 Å². The number of amides is 1. The lowest BCUT2D eigenvalue weighted by atomic mass is 9.99. The van der Waals surface area contributed by atoms with E-state index in [2.05, 4.69) is 6.07 Å². The number of thiophene rings is 1. The molecule has 2 N–H and O–H groups in total. The summed E-state index contributed by atoms with van der Waals surface area (Å²) in [5.41, 5.74) is 7.19. The van der Waals surface area contributed by atoms with Gasteiger partial charge in [0.1, 0.15) is 0 Å². The van der Waals surface area contributed by atoms with Crippen LogP contribution in [0.15, 0.2) is 6.07 Å². The van der Waals surface area contributed by atoms with E-state index in [9.17, 15) is 4.79 Å². The fourth-order valence-electron chi connectivity index (χ4n) is 3.21. The van der Waals surface area contributed by atoms with Crippen LogP contribution in [0.4, 0.5) is 0 Å². The van der Waals surface area contributed by atoms with Crippen molar-refractivity contribution in [1.29, 1.82) is 0 Å². The van der Waals surface area contributed by atoms with E-state index in [4.69, 9.17) is 18.0 Å². The second-order valence-electron chi connectivity index (χ2n) is 5.68. The number of carbonyl (C=O) groups is 1. The largest absolute Gasteiger partial charge is 0.392 e. The van der Waals surface area contributed by atoms with Gasteiger partial charge in [-0.1, -0.05) is 12.2 Å². The lowest BCUT2D eigenvalue weighted by Gasteiger charge is -2.34. The molecule has 0 saturated carbocycles. The molecule has 1 saturated heterocycles. The van der Waals surface area contributed by atoms with Crippen LogP contribution in [0.25, 0.3) is 0 Å². The van der Waals surface area contributed by atoms with E-state index in [-0.39, 0.29) is 11.9 Å². The highest BCUT2D eigenvalue weighted by atomic mass is 32.1. The van der Waals surface area contributed by atoms with Crippen molar-refractivity contribution < 1.29 is 4.79 Å². The smallest absolute Gasteiger partial charge is 0.264 e. The maximum atomic E-state index is 12.8. The number of nitrogens with two attached hydrogens (primary N) is 1. The van der Waals surface area contributed by atoms with Crippen LogP contribution in [0.1, 0.15) is 52.2 Å². The normalized spacial score (nSPS) is 22.4. The van der Waals surface area contributed by atoms with Crippen LogP contribution in [-0.2, 0) is 12.8 Å². The van der Waals surface area contributed by atoms with Crippen molar-refractivity contribution in [3.8, 4) is 0 Å². The minimum absolute atomic E-state index is 0.0506. The van der Waals surface area contributed by atoms with Crippen molar-refractivity contribution in [2.75, 3.05) is 6.54 Å². The summed E-state index contributed by atoms with van der Waals surface area (Å²) < 4.78 is 0. The van der Waals surface area contributed by atoms with Crippen molar-refractivity contribution in [3.63, 3.8) is 0 Å². The van der Waals surface area contributed by atoms with Gasteiger partial charge in [-0.15, -0.1) is 11.3 Å². The fourth-order valence-corrected chi connectivity index (χ4v) is 4.66. The number of piperidine rings is 1. The van der Waals surface area contributed by atoms with Crippen LogP contribution in [0.3, 0.4) is 0 Å². The number of hydrogen-bond donors (Lipinski definition) is 1. The third-order valence-electron chi connectivity index (χ3n) is 4.30. The van der Waals surface area contributed by atoms with Crippen LogP contribution in [-0.4, -0.2) is 28.4 Å². The van der Waals surface area contributed by atoms with Crippen LogP contribution >= 0.6 is 23.6 Å². The fraction of sp³-hybridized carbons (Fsp3) is 0.600. The summed E-state index contributed by atoms with van der Waals surface area (Å²) in [5, 5.41) is 0. The van der Waals surface area contributed by atoms with Gasteiger partial charge in [-0.05, 0) is 56.6 Å². The van der Waals surface area contributed by atoms with Crippen molar-refractivity contribution in [2.24, 2.45) is 5.73 Å². The van der Waals surface area contributed by atoms with Gasteiger partial charge < -0.3 is 10.6 Å². The minimum atomic E-state index is -0.0506. The number of thiocarbonyl (C=S) groups is 1. The number of hydrogen-bond acceptors (Lipinski definition) is 3. The maximum Gasteiger partial charge on any atom is 0.264 e. The number of fused-ring (bicyclic) bond motifs is 1. The number of aryl methyl sites for hydroxylation is 2. The molecule has 1 unspecified atom stereocenters. The van der Waals surface area contributed by atoms with E-state index in [1.807, 2.05) is 4.90 Å². The van der Waals surface area contributed by atoms with Gasteiger partial charge in [-0.25, -0.2) is 0 Å². The van der Waals surface area contributed by atoms with E-state index in [1.165, 1.54) is 23.3 Å². The lowest BCUT2D eigenvalue weighted by molar-refractivity contribution is 0.0686. The van der Waals surface area contributed by atoms with Crippen LogP contribution in [0.5, 0.6) is 0 Å². The molecular weight excluding hydrogens is 288 g/mol. The third kappa shape index (κ3) is 2.61. The van der Waals surface area contributed by atoms with Gasteiger partial charge in [0.25, 0.3) is 5.91 Å². The Morgan fingerprint density at radius 2 is 2.10 bits per heavy atom. The summed E-state index contributed by atoms with van der Waals surface area (Å²) >= 11 is 6.81. The lowest BCUT2D eigenvalue weighted by Crippen LogP contribution is -2.49. The van der Waals surface area contributed by atoms with Crippen molar-refractivity contribution in [2.45, 2.75) is 51.0 Å². The molecular formula is C15H20N2OS2. The molecule has 2 aliphatic rings. The van der Waals surface area contributed by atoms with Crippen molar-refractivity contribution >= 4 is 34.5 Å². The summed E-state index contributed by atoms with van der Waals surface area (Å²) in [4.78, 5) is 17.4. The SMILES string of the molecule is NC(=S)C1CCCCN1C(=O)c1cc2c(s1)CCCC2. The van der Waals surface area contributed by atoms with Crippen molar-refractivity contribution in [1.82, 2.24) is 4.90 Å². The molecule has 1 aromatic rings. The first-order valence-electron chi connectivity index (χ1n) is 7.38. The first-order chi connectivity index (χ1) is 9.66. The zero-order valence-electron chi connectivity index (χ0n) is 11.6. The molecule has 0 radical (unpaired) electrons. The minimum Gasteiger partial charge on any atom is -0.392 e. The number of carbonyl (C=O) groups excluding carboxylic acids is 1. The molecule has 1 amide bonds. The van der Waals surface area contributed by atoms with E-state index in [1.54, 1.807) is 11.3 Å². The highest BCUT2D eigenvalue weighted by molar-refractivity contribution is 7.80. The molecule has 0 spiro atoms. The Labute approximate surface area is 129 Å². The third-order valence-corrected chi connectivity index (χ3v) is 5.80. The van der Waals surface area contributed by atoms with Gasteiger partial charge in [-0.2, -0.15) is 0 Å². The number of nitrogens with zero attached hydrogens (tertiary/aromatic N) is 1. The molecule has 1 aromatic heterocycles. The van der Waals surface area contributed by atoms with E-state index in [0.29, 0.717) is 4.99 Å². The standard InChI is InChI=1S/C15H20N2OS2/c16-14(19)11-6-3-4-8-17(11)15(18)13-9-10-5-1-2-7-12(10)20-13/h9,11H,1-8H2,(H2,16,19). The van der Waals surface area contributed by atoms with E-state index >= 15 is 0 Å². The average molecular weight is 308 g/mol. The summed E-state index contributed by atoms with van der Waals surface area (Å²) in [5.74, 6) is 0.127. The summed E-state index contributed by atoms with van der Waals surface area (Å²) in [6.45, 7) is 0.781. The molecule has 0 bridgehead atoms. The molecule has 0 aromatic carbocycles. The molecule has 1 aliphatic heterocycles. The van der Waals surface area contributed by atoms with E-state index in [0.717, 1.165) is 43.5 Å².